The van der Waals surface area contributed by atoms with Gasteiger partial charge in [0.1, 0.15) is 10.1 Å². The first-order valence-corrected chi connectivity index (χ1v) is 7.48. The van der Waals surface area contributed by atoms with Gasteiger partial charge in [-0.15, -0.1) is 12.6 Å². The van der Waals surface area contributed by atoms with Crippen molar-refractivity contribution >= 4 is 35.1 Å². The molecule has 6 heteroatoms. The number of carbonyl (C=O) groups is 1. The van der Waals surface area contributed by atoms with E-state index in [4.69, 9.17) is 0 Å². The third-order valence-corrected chi connectivity index (χ3v) is 3.48. The lowest BCUT2D eigenvalue weighted by atomic mass is 9.96. The van der Waals surface area contributed by atoms with Crippen LogP contribution in [-0.2, 0) is 4.79 Å². The van der Waals surface area contributed by atoms with Crippen LogP contribution in [0.25, 0.3) is 11.1 Å². The van der Waals surface area contributed by atoms with Gasteiger partial charge in [-0.2, -0.15) is 0 Å². The number of hydrazine groups is 1. The Bertz CT molecular complexity index is 692. The van der Waals surface area contributed by atoms with Crippen molar-refractivity contribution in [3.8, 4) is 11.1 Å². The lowest BCUT2D eigenvalue weighted by Gasteiger charge is -2.14. The van der Waals surface area contributed by atoms with Gasteiger partial charge in [0.05, 0.1) is 5.92 Å². The maximum atomic E-state index is 14.3. The Hall–Kier alpha value is -1.92. The molecule has 2 aromatic carbocycles. The summed E-state index contributed by atoms with van der Waals surface area (Å²) in [7, 11) is 0. The van der Waals surface area contributed by atoms with Crippen LogP contribution in [0.1, 0.15) is 18.4 Å². The summed E-state index contributed by atoms with van der Waals surface area (Å²) in [5, 5.41) is 0. The average molecular weight is 334 g/mol. The van der Waals surface area contributed by atoms with Crippen molar-refractivity contribution in [1.82, 2.24) is 10.9 Å². The molecule has 0 aliphatic heterocycles. The third-order valence-electron chi connectivity index (χ3n) is 3.26. The van der Waals surface area contributed by atoms with Crippen LogP contribution in [0.2, 0.25) is 0 Å². The molecule has 0 spiro atoms. The Labute approximate surface area is 139 Å². The van der Waals surface area contributed by atoms with Crippen molar-refractivity contribution in [3.63, 3.8) is 0 Å². The van der Waals surface area contributed by atoms with Gasteiger partial charge >= 0.3 is 0 Å². The average Bonchev–Trinajstić information content (AvgIpc) is 2.52. The standard InChI is InChI=1S/C16H15FN2OS2/c1-10(15(20)18-19-16(21)22)12-7-8-13(14(17)9-12)11-5-3-2-4-6-11/h2-10H,1H3,(H,18,20)(H2,19,21,22). The molecule has 0 fully saturated rings. The zero-order valence-corrected chi connectivity index (χ0v) is 13.5. The minimum absolute atomic E-state index is 0.158. The van der Waals surface area contributed by atoms with Crippen LogP contribution < -0.4 is 10.9 Å². The highest BCUT2D eigenvalue weighted by atomic mass is 32.1. The first kappa shape index (κ1) is 16.5. The SMILES string of the molecule is CC(C(=O)NNC(=S)S)c1ccc(-c2ccccc2)c(F)c1. The van der Waals surface area contributed by atoms with Crippen LogP contribution in [0.5, 0.6) is 0 Å². The molecule has 0 aliphatic carbocycles. The molecule has 0 bridgehead atoms. The highest BCUT2D eigenvalue weighted by molar-refractivity contribution is 8.11. The van der Waals surface area contributed by atoms with Crippen molar-refractivity contribution < 1.29 is 9.18 Å². The number of benzene rings is 2. The molecule has 0 saturated heterocycles. The molecule has 0 saturated carbocycles. The minimum Gasteiger partial charge on any atom is -0.283 e. The van der Waals surface area contributed by atoms with Gasteiger partial charge in [-0.25, -0.2) is 4.39 Å². The monoisotopic (exact) mass is 334 g/mol. The first-order valence-electron chi connectivity index (χ1n) is 6.62. The molecule has 0 aliphatic rings. The highest BCUT2D eigenvalue weighted by Crippen LogP contribution is 2.26. The lowest BCUT2D eigenvalue weighted by molar-refractivity contribution is -0.122. The second-order valence-corrected chi connectivity index (χ2v) is 5.90. The number of rotatable bonds is 3. The number of nitrogens with one attached hydrogen (secondary N) is 2. The maximum Gasteiger partial charge on any atom is 0.245 e. The van der Waals surface area contributed by atoms with Crippen LogP contribution in [-0.4, -0.2) is 10.2 Å². The van der Waals surface area contributed by atoms with Gasteiger partial charge in [0.25, 0.3) is 0 Å². The molecular weight excluding hydrogens is 319 g/mol. The summed E-state index contributed by atoms with van der Waals surface area (Å²) in [6.45, 7) is 1.69. The van der Waals surface area contributed by atoms with E-state index in [2.05, 4.69) is 35.7 Å². The van der Waals surface area contributed by atoms with E-state index >= 15 is 0 Å². The van der Waals surface area contributed by atoms with E-state index in [-0.39, 0.29) is 16.0 Å². The predicted molar refractivity (Wildman–Crippen MR) is 93.1 cm³/mol. The number of hydrogen-bond acceptors (Lipinski definition) is 2. The van der Waals surface area contributed by atoms with E-state index in [1.54, 1.807) is 19.1 Å². The second-order valence-electron chi connectivity index (χ2n) is 4.75. The molecule has 114 valence electrons. The molecule has 0 aromatic heterocycles. The first-order chi connectivity index (χ1) is 10.5. The maximum absolute atomic E-state index is 14.3. The Morgan fingerprint density at radius 1 is 1.18 bits per heavy atom. The van der Waals surface area contributed by atoms with Crippen LogP contribution >= 0.6 is 24.8 Å². The Morgan fingerprint density at radius 3 is 2.45 bits per heavy atom. The Kier molecular flexibility index (Phi) is 5.51. The van der Waals surface area contributed by atoms with E-state index in [9.17, 15) is 9.18 Å². The molecule has 0 heterocycles. The fourth-order valence-corrected chi connectivity index (χ4v) is 2.13. The fourth-order valence-electron chi connectivity index (χ4n) is 2.03. The van der Waals surface area contributed by atoms with Crippen LogP contribution in [0.4, 0.5) is 4.39 Å². The summed E-state index contributed by atoms with van der Waals surface area (Å²) >= 11 is 8.53. The quantitative estimate of drug-likeness (QED) is 0.458. The summed E-state index contributed by atoms with van der Waals surface area (Å²) < 4.78 is 14.5. The number of halogens is 1. The van der Waals surface area contributed by atoms with Gasteiger partial charge in [-0.05, 0) is 24.1 Å². The van der Waals surface area contributed by atoms with E-state index in [0.29, 0.717) is 11.1 Å². The largest absolute Gasteiger partial charge is 0.283 e. The Balaban J connectivity index is 2.18. The molecule has 2 rings (SSSR count). The van der Waals surface area contributed by atoms with Crippen molar-refractivity contribution in [3.05, 3.63) is 59.9 Å². The fraction of sp³-hybridized carbons (Fsp3) is 0.125. The topological polar surface area (TPSA) is 41.1 Å². The van der Waals surface area contributed by atoms with Crippen molar-refractivity contribution in [2.75, 3.05) is 0 Å². The van der Waals surface area contributed by atoms with Crippen LogP contribution in [0.3, 0.4) is 0 Å². The van der Waals surface area contributed by atoms with Gasteiger partial charge in [0.15, 0.2) is 0 Å². The van der Waals surface area contributed by atoms with E-state index in [1.165, 1.54) is 6.07 Å². The molecule has 22 heavy (non-hydrogen) atoms. The van der Waals surface area contributed by atoms with E-state index in [1.807, 2.05) is 30.3 Å². The molecular formula is C16H15FN2OS2. The zero-order valence-electron chi connectivity index (χ0n) is 11.8. The molecule has 2 N–H and O–H groups in total. The predicted octanol–water partition coefficient (Wildman–Crippen LogP) is 3.43. The van der Waals surface area contributed by atoms with E-state index in [0.717, 1.165) is 5.56 Å². The van der Waals surface area contributed by atoms with Gasteiger partial charge in [-0.1, -0.05) is 54.7 Å². The zero-order chi connectivity index (χ0) is 16.1. The molecule has 0 radical (unpaired) electrons. The van der Waals surface area contributed by atoms with Gasteiger partial charge in [0.2, 0.25) is 5.91 Å². The number of amides is 1. The van der Waals surface area contributed by atoms with Crippen molar-refractivity contribution in [2.45, 2.75) is 12.8 Å². The summed E-state index contributed by atoms with van der Waals surface area (Å²) in [6, 6.07) is 14.1. The molecule has 1 amide bonds. The van der Waals surface area contributed by atoms with Gasteiger partial charge < -0.3 is 0 Å². The summed E-state index contributed by atoms with van der Waals surface area (Å²) in [5.41, 5.74) is 6.76. The van der Waals surface area contributed by atoms with Gasteiger partial charge in [-0.3, -0.25) is 15.6 Å². The summed E-state index contributed by atoms with van der Waals surface area (Å²) in [6.07, 6.45) is 0. The minimum atomic E-state index is -0.519. The summed E-state index contributed by atoms with van der Waals surface area (Å²) in [5.74, 6) is -1.20. The normalized spacial score (nSPS) is 11.6. The molecule has 1 unspecified atom stereocenters. The van der Waals surface area contributed by atoms with Crippen LogP contribution in [0, 0.1) is 5.82 Å². The van der Waals surface area contributed by atoms with Gasteiger partial charge in [0, 0.05) is 5.56 Å². The number of hydrogen-bond donors (Lipinski definition) is 3. The van der Waals surface area contributed by atoms with E-state index < -0.39 is 5.92 Å². The number of thiocarbonyl (C=S) groups is 1. The number of thiol groups is 1. The molecule has 1 atom stereocenters. The van der Waals surface area contributed by atoms with Crippen molar-refractivity contribution in [2.24, 2.45) is 0 Å². The highest BCUT2D eigenvalue weighted by Gasteiger charge is 2.17. The summed E-state index contributed by atoms with van der Waals surface area (Å²) in [4.78, 5) is 11.9. The second kappa shape index (κ2) is 7.38. The third kappa shape index (κ3) is 4.05. The lowest BCUT2D eigenvalue weighted by Crippen LogP contribution is -2.41. The molecule has 2 aromatic rings. The smallest absolute Gasteiger partial charge is 0.245 e. The number of carbonyl (C=O) groups excluding carboxylic acids is 1. The molecule has 3 nitrogen and oxygen atoms in total. The Morgan fingerprint density at radius 2 is 1.86 bits per heavy atom. The van der Waals surface area contributed by atoms with Crippen LogP contribution in [0.15, 0.2) is 48.5 Å². The van der Waals surface area contributed by atoms with Crippen molar-refractivity contribution in [1.29, 1.82) is 0 Å².